The summed E-state index contributed by atoms with van der Waals surface area (Å²) in [6, 6.07) is 15.1. The molecule has 0 aromatic heterocycles. The molecule has 0 heterocycles. The number of carbonyl (C=O) groups is 1. The zero-order valence-electron chi connectivity index (χ0n) is 16.3. The van der Waals surface area contributed by atoms with E-state index in [4.69, 9.17) is 15.2 Å². The average molecular weight is 393 g/mol. The van der Waals surface area contributed by atoms with E-state index < -0.39 is 6.10 Å². The summed E-state index contributed by atoms with van der Waals surface area (Å²) >= 11 is 0. The van der Waals surface area contributed by atoms with Crippen LogP contribution in [0.2, 0.25) is 0 Å². The van der Waals surface area contributed by atoms with Gasteiger partial charge >= 0.3 is 0 Å². The maximum atomic E-state index is 12.2. The van der Waals surface area contributed by atoms with Crippen LogP contribution in [0, 0.1) is 0 Å². The molecule has 148 valence electrons. The lowest BCUT2D eigenvalue weighted by Gasteiger charge is -2.18. The third-order valence-electron chi connectivity index (χ3n) is 4.27. The van der Waals surface area contributed by atoms with E-state index in [9.17, 15) is 4.79 Å². The van der Waals surface area contributed by atoms with E-state index in [2.05, 4.69) is 31.3 Å². The zero-order chi connectivity index (χ0) is 19.1. The normalized spacial score (nSPS) is 12.7. The van der Waals surface area contributed by atoms with E-state index in [1.165, 1.54) is 5.56 Å². The van der Waals surface area contributed by atoms with Gasteiger partial charge in [-0.25, -0.2) is 0 Å². The highest BCUT2D eigenvalue weighted by atomic mass is 35.5. The van der Waals surface area contributed by atoms with Crippen LogP contribution >= 0.6 is 12.4 Å². The van der Waals surface area contributed by atoms with E-state index >= 15 is 0 Å². The van der Waals surface area contributed by atoms with Crippen LogP contribution < -0.4 is 20.5 Å². The number of halogens is 1. The van der Waals surface area contributed by atoms with Gasteiger partial charge in [-0.2, -0.15) is 0 Å². The summed E-state index contributed by atoms with van der Waals surface area (Å²) in [5, 5.41) is 2.85. The van der Waals surface area contributed by atoms with E-state index in [1.54, 1.807) is 38.3 Å². The van der Waals surface area contributed by atoms with Crippen LogP contribution in [0.5, 0.6) is 11.5 Å². The van der Waals surface area contributed by atoms with Gasteiger partial charge in [0.25, 0.3) is 5.91 Å². The Kier molecular flexibility index (Phi) is 9.12. The van der Waals surface area contributed by atoms with E-state index in [-0.39, 0.29) is 24.4 Å². The molecule has 1 amide bonds. The lowest BCUT2D eigenvalue weighted by Crippen LogP contribution is -2.39. The van der Waals surface area contributed by atoms with Crippen LogP contribution in [-0.2, 0) is 4.79 Å². The van der Waals surface area contributed by atoms with Crippen molar-refractivity contribution < 1.29 is 14.3 Å². The highest BCUT2D eigenvalue weighted by Crippen LogP contribution is 2.19. The summed E-state index contributed by atoms with van der Waals surface area (Å²) in [6.45, 7) is 6.37. The van der Waals surface area contributed by atoms with E-state index in [0.717, 1.165) is 11.3 Å². The predicted molar refractivity (Wildman–Crippen MR) is 111 cm³/mol. The molecule has 0 saturated heterocycles. The van der Waals surface area contributed by atoms with Crippen molar-refractivity contribution in [3.8, 4) is 11.5 Å². The topological polar surface area (TPSA) is 73.6 Å². The number of nitrogens with one attached hydrogen (secondary N) is 1. The Morgan fingerprint density at radius 1 is 0.963 bits per heavy atom. The van der Waals surface area contributed by atoms with Crippen molar-refractivity contribution in [1.29, 1.82) is 0 Å². The van der Waals surface area contributed by atoms with Crippen LogP contribution in [0.3, 0.4) is 0 Å². The number of rotatable bonds is 8. The molecule has 2 unspecified atom stereocenters. The second-order valence-corrected chi connectivity index (χ2v) is 6.61. The summed E-state index contributed by atoms with van der Waals surface area (Å²) in [5.41, 5.74) is 8.45. The number of hydrogen-bond acceptors (Lipinski definition) is 4. The van der Waals surface area contributed by atoms with Crippen LogP contribution in [-0.4, -0.2) is 25.7 Å². The summed E-state index contributed by atoms with van der Waals surface area (Å²) in [5.74, 6) is 1.64. The minimum atomic E-state index is -0.612. The van der Waals surface area contributed by atoms with Crippen molar-refractivity contribution in [2.75, 3.05) is 13.7 Å². The largest absolute Gasteiger partial charge is 0.497 e. The Morgan fingerprint density at radius 3 is 2.00 bits per heavy atom. The molecule has 2 rings (SSSR count). The first-order valence-corrected chi connectivity index (χ1v) is 8.84. The predicted octanol–water partition coefficient (Wildman–Crippen LogP) is 3.82. The molecule has 0 spiro atoms. The lowest BCUT2D eigenvalue weighted by atomic mass is 9.99. The fourth-order valence-electron chi connectivity index (χ4n) is 2.51. The van der Waals surface area contributed by atoms with E-state index in [0.29, 0.717) is 18.2 Å². The summed E-state index contributed by atoms with van der Waals surface area (Å²) in [6.07, 6.45) is -0.612. The monoisotopic (exact) mass is 392 g/mol. The molecule has 2 atom stereocenters. The van der Waals surface area contributed by atoms with Gasteiger partial charge in [-0.15, -0.1) is 12.4 Å². The Balaban J connectivity index is 0.00000364. The van der Waals surface area contributed by atoms with Crippen molar-refractivity contribution in [3.05, 3.63) is 59.7 Å². The summed E-state index contributed by atoms with van der Waals surface area (Å²) in [7, 11) is 1.60. The van der Waals surface area contributed by atoms with Crippen LogP contribution in [0.15, 0.2) is 48.5 Å². The minimum Gasteiger partial charge on any atom is -0.497 e. The third kappa shape index (κ3) is 6.77. The smallest absolute Gasteiger partial charge is 0.260 e. The maximum absolute atomic E-state index is 12.2. The molecule has 0 aliphatic carbocycles. The second-order valence-electron chi connectivity index (χ2n) is 6.61. The second kappa shape index (κ2) is 10.8. The number of carbonyl (C=O) groups excluding carboxylic acids is 1. The van der Waals surface area contributed by atoms with Gasteiger partial charge in [0.1, 0.15) is 11.5 Å². The highest BCUT2D eigenvalue weighted by molar-refractivity contribution is 5.85. The molecule has 2 aromatic rings. The van der Waals surface area contributed by atoms with Crippen molar-refractivity contribution in [2.45, 2.75) is 38.8 Å². The van der Waals surface area contributed by atoms with Gasteiger partial charge in [-0.3, -0.25) is 4.79 Å². The van der Waals surface area contributed by atoms with E-state index in [1.807, 2.05) is 12.1 Å². The van der Waals surface area contributed by atoms with Crippen molar-refractivity contribution >= 4 is 18.3 Å². The Bertz CT molecular complexity index is 702. The number of ether oxygens (including phenoxy) is 2. The van der Waals surface area contributed by atoms with Gasteiger partial charge in [0.2, 0.25) is 0 Å². The lowest BCUT2D eigenvalue weighted by molar-refractivity contribution is -0.127. The number of benzene rings is 2. The van der Waals surface area contributed by atoms with Gasteiger partial charge in [0, 0.05) is 12.6 Å². The molecule has 5 nitrogen and oxygen atoms in total. The Hall–Kier alpha value is -2.24. The van der Waals surface area contributed by atoms with Gasteiger partial charge in [0.05, 0.1) is 7.11 Å². The van der Waals surface area contributed by atoms with Gasteiger partial charge < -0.3 is 20.5 Å². The molecular weight excluding hydrogens is 364 g/mol. The maximum Gasteiger partial charge on any atom is 0.260 e. The number of nitrogens with two attached hydrogens (primary N) is 1. The quantitative estimate of drug-likeness (QED) is 0.716. The number of methoxy groups -OCH3 is 1. The number of amides is 1. The van der Waals surface area contributed by atoms with Gasteiger partial charge in [-0.05, 0) is 48.2 Å². The first kappa shape index (κ1) is 22.8. The standard InChI is InChI=1S/C21H28N2O3.ClH/c1-14(2)16-5-7-17(8-6-16)20(22)13-23-21(24)15(3)26-19-11-9-18(25-4)10-12-19;/h5-12,14-15,20H,13,22H2,1-4H3,(H,23,24);1H. The minimum absolute atomic E-state index is 0. The molecular formula is C21H29ClN2O3. The molecule has 0 aliphatic rings. The molecule has 0 bridgehead atoms. The third-order valence-corrected chi connectivity index (χ3v) is 4.27. The molecule has 0 fully saturated rings. The first-order chi connectivity index (χ1) is 12.4. The molecule has 2 aromatic carbocycles. The fraction of sp³-hybridized carbons (Fsp3) is 0.381. The molecule has 0 aliphatic heterocycles. The average Bonchev–Trinajstić information content (AvgIpc) is 2.66. The molecule has 27 heavy (non-hydrogen) atoms. The molecule has 6 heteroatoms. The van der Waals surface area contributed by atoms with Crippen LogP contribution in [0.25, 0.3) is 0 Å². The number of hydrogen-bond donors (Lipinski definition) is 2. The summed E-state index contributed by atoms with van der Waals surface area (Å²) < 4.78 is 10.7. The van der Waals surface area contributed by atoms with Crippen molar-refractivity contribution in [1.82, 2.24) is 5.32 Å². The van der Waals surface area contributed by atoms with Crippen molar-refractivity contribution in [2.24, 2.45) is 5.73 Å². The molecule has 0 radical (unpaired) electrons. The highest BCUT2D eigenvalue weighted by Gasteiger charge is 2.16. The fourth-order valence-corrected chi connectivity index (χ4v) is 2.51. The molecule has 3 N–H and O–H groups in total. The van der Waals surface area contributed by atoms with Crippen LogP contribution in [0.4, 0.5) is 0 Å². The van der Waals surface area contributed by atoms with Crippen molar-refractivity contribution in [3.63, 3.8) is 0 Å². The Labute approximate surface area is 167 Å². The zero-order valence-corrected chi connectivity index (χ0v) is 17.1. The summed E-state index contributed by atoms with van der Waals surface area (Å²) in [4.78, 5) is 12.2. The molecule has 0 saturated carbocycles. The van der Waals surface area contributed by atoms with Gasteiger partial charge in [-0.1, -0.05) is 38.1 Å². The Morgan fingerprint density at radius 2 is 1.48 bits per heavy atom. The van der Waals surface area contributed by atoms with Gasteiger partial charge in [0.15, 0.2) is 6.10 Å². The SMILES string of the molecule is COc1ccc(OC(C)C(=O)NCC(N)c2ccc(C(C)C)cc2)cc1.Cl. The van der Waals surface area contributed by atoms with Crippen LogP contribution in [0.1, 0.15) is 43.9 Å². The first-order valence-electron chi connectivity index (χ1n) is 8.84.